The molecule has 4 rings (SSSR count). The van der Waals surface area contributed by atoms with Gasteiger partial charge < -0.3 is 15.0 Å². The number of rotatable bonds is 5. The summed E-state index contributed by atoms with van der Waals surface area (Å²) in [7, 11) is -3.78. The van der Waals surface area contributed by atoms with Crippen LogP contribution >= 0.6 is 11.6 Å². The van der Waals surface area contributed by atoms with Crippen molar-refractivity contribution in [2.45, 2.75) is 17.7 Å². The van der Waals surface area contributed by atoms with E-state index in [9.17, 15) is 17.6 Å². The molecule has 0 atom stereocenters. The van der Waals surface area contributed by atoms with Crippen LogP contribution in [0.25, 0.3) is 0 Å². The summed E-state index contributed by atoms with van der Waals surface area (Å²) < 4.78 is 46.8. The minimum Gasteiger partial charge on any atom is -0.378 e. The van der Waals surface area contributed by atoms with Crippen LogP contribution in [0, 0.1) is 11.7 Å². The van der Waals surface area contributed by atoms with Crippen molar-refractivity contribution in [3.8, 4) is 0 Å². The zero-order valence-electron chi connectivity index (χ0n) is 17.3. The molecule has 3 heterocycles. The van der Waals surface area contributed by atoms with Gasteiger partial charge in [0.05, 0.1) is 18.9 Å². The Morgan fingerprint density at radius 2 is 1.88 bits per heavy atom. The molecule has 0 radical (unpaired) electrons. The molecule has 8 nitrogen and oxygen atoms in total. The van der Waals surface area contributed by atoms with Crippen LogP contribution in [-0.4, -0.2) is 63.0 Å². The number of aromatic nitrogens is 1. The first kappa shape index (κ1) is 22.9. The van der Waals surface area contributed by atoms with Crippen molar-refractivity contribution in [2.24, 2.45) is 5.92 Å². The zero-order valence-corrected chi connectivity index (χ0v) is 18.9. The Balaban J connectivity index is 1.36. The summed E-state index contributed by atoms with van der Waals surface area (Å²) in [6, 6.07) is 7.58. The van der Waals surface area contributed by atoms with Gasteiger partial charge in [-0.25, -0.2) is 17.8 Å². The minimum atomic E-state index is -3.78. The second-order valence-electron chi connectivity index (χ2n) is 7.73. The van der Waals surface area contributed by atoms with Gasteiger partial charge >= 0.3 is 0 Å². The first-order chi connectivity index (χ1) is 15.4. The fraction of sp³-hybridized carbons (Fsp3) is 0.429. The lowest BCUT2D eigenvalue weighted by Crippen LogP contribution is -2.41. The second-order valence-corrected chi connectivity index (χ2v) is 9.99. The van der Waals surface area contributed by atoms with Crippen LogP contribution in [0.15, 0.2) is 41.4 Å². The molecule has 1 N–H and O–H groups in total. The molecular weight excluding hydrogens is 459 g/mol. The third-order valence-electron chi connectivity index (χ3n) is 5.73. The highest BCUT2D eigenvalue weighted by atomic mass is 35.5. The summed E-state index contributed by atoms with van der Waals surface area (Å²) in [4.78, 5) is 18.4. The summed E-state index contributed by atoms with van der Waals surface area (Å²) in [5, 5.41) is 2.68. The van der Waals surface area contributed by atoms with E-state index >= 15 is 0 Å². The predicted molar refractivity (Wildman–Crippen MR) is 119 cm³/mol. The van der Waals surface area contributed by atoms with Crippen LogP contribution in [0.4, 0.5) is 15.8 Å². The van der Waals surface area contributed by atoms with Gasteiger partial charge in [-0.05, 0) is 43.2 Å². The van der Waals surface area contributed by atoms with Gasteiger partial charge in [0.15, 0.2) is 0 Å². The summed E-state index contributed by atoms with van der Waals surface area (Å²) >= 11 is 5.95. The van der Waals surface area contributed by atoms with Gasteiger partial charge in [-0.2, -0.15) is 4.31 Å². The maximum absolute atomic E-state index is 14.6. The van der Waals surface area contributed by atoms with E-state index in [0.717, 1.165) is 0 Å². The molecule has 0 aliphatic carbocycles. The van der Waals surface area contributed by atoms with E-state index in [1.807, 2.05) is 4.90 Å². The topological polar surface area (TPSA) is 91.8 Å². The first-order valence-electron chi connectivity index (χ1n) is 10.4. The van der Waals surface area contributed by atoms with Crippen LogP contribution in [0.3, 0.4) is 0 Å². The highest BCUT2D eigenvalue weighted by Gasteiger charge is 2.33. The SMILES string of the molecule is O=C(Nc1ccc(N2CCOCC2)c(F)c1)C1CCN(S(=O)(=O)c2cccnc2Cl)CC1. The molecule has 2 aromatic rings. The Bertz CT molecular complexity index is 1090. The number of anilines is 2. The van der Waals surface area contributed by atoms with Crippen molar-refractivity contribution in [3.05, 3.63) is 47.5 Å². The van der Waals surface area contributed by atoms with Gasteiger partial charge in [0, 0.05) is 44.0 Å². The van der Waals surface area contributed by atoms with Crippen molar-refractivity contribution < 1.29 is 22.3 Å². The predicted octanol–water partition coefficient (Wildman–Crippen LogP) is 2.75. The number of morpholine rings is 1. The molecular formula is C21H24ClFN4O4S. The van der Waals surface area contributed by atoms with Gasteiger partial charge in [-0.3, -0.25) is 4.79 Å². The van der Waals surface area contributed by atoms with Gasteiger partial charge in [-0.1, -0.05) is 11.6 Å². The van der Waals surface area contributed by atoms with Crippen molar-refractivity contribution in [2.75, 3.05) is 49.6 Å². The largest absolute Gasteiger partial charge is 0.378 e. The van der Waals surface area contributed by atoms with Crippen LogP contribution in [0.1, 0.15) is 12.8 Å². The Morgan fingerprint density at radius 3 is 2.53 bits per heavy atom. The third-order valence-corrected chi connectivity index (χ3v) is 8.08. The molecule has 2 aliphatic rings. The van der Waals surface area contributed by atoms with E-state index in [2.05, 4.69) is 10.3 Å². The smallest absolute Gasteiger partial charge is 0.246 e. The Morgan fingerprint density at radius 1 is 1.16 bits per heavy atom. The molecule has 2 saturated heterocycles. The molecule has 0 unspecified atom stereocenters. The Kier molecular flexibility index (Phi) is 6.94. The first-order valence-corrected chi connectivity index (χ1v) is 12.2. The van der Waals surface area contributed by atoms with E-state index < -0.39 is 15.8 Å². The van der Waals surface area contributed by atoms with Crippen molar-refractivity contribution >= 4 is 38.9 Å². The molecule has 11 heteroatoms. The quantitative estimate of drug-likeness (QED) is 0.659. The third kappa shape index (κ3) is 4.88. The molecule has 1 aromatic heterocycles. The number of carbonyl (C=O) groups excluding carboxylic acids is 1. The number of sulfonamides is 1. The minimum absolute atomic E-state index is 0.0413. The average Bonchev–Trinajstić information content (AvgIpc) is 2.80. The van der Waals surface area contributed by atoms with Crippen LogP contribution in [0.2, 0.25) is 5.15 Å². The summed E-state index contributed by atoms with van der Waals surface area (Å²) in [6.07, 6.45) is 2.14. The lowest BCUT2D eigenvalue weighted by molar-refractivity contribution is -0.120. The number of halogens is 2. The number of amides is 1. The van der Waals surface area contributed by atoms with E-state index in [1.54, 1.807) is 12.1 Å². The van der Waals surface area contributed by atoms with Crippen LogP contribution in [-0.2, 0) is 19.6 Å². The number of nitrogens with zero attached hydrogens (tertiary/aromatic N) is 3. The van der Waals surface area contributed by atoms with Gasteiger partial charge in [-0.15, -0.1) is 0 Å². The lowest BCUT2D eigenvalue weighted by Gasteiger charge is -2.31. The summed E-state index contributed by atoms with van der Waals surface area (Å²) in [5.74, 6) is -1.02. The molecule has 0 spiro atoms. The normalized spacial score (nSPS) is 18.5. The number of piperidine rings is 1. The molecule has 1 aromatic carbocycles. The highest BCUT2D eigenvalue weighted by molar-refractivity contribution is 7.89. The standard InChI is InChI=1S/C21H24ClFN4O4S/c22-20-19(2-1-7-24-20)32(29,30)27-8-5-15(6-9-27)21(28)25-16-3-4-18(17(23)14-16)26-10-12-31-13-11-26/h1-4,7,14-15H,5-6,8-13H2,(H,25,28). The fourth-order valence-corrected chi connectivity index (χ4v) is 5.85. The molecule has 0 saturated carbocycles. The lowest BCUT2D eigenvalue weighted by atomic mass is 9.97. The number of pyridine rings is 1. The number of hydrogen-bond donors (Lipinski definition) is 1. The molecule has 1 amide bonds. The molecule has 32 heavy (non-hydrogen) atoms. The number of benzene rings is 1. The fourth-order valence-electron chi connectivity index (χ4n) is 3.95. The second kappa shape index (κ2) is 9.70. The van der Waals surface area contributed by atoms with E-state index in [1.165, 1.54) is 28.7 Å². The number of ether oxygens (including phenoxy) is 1. The summed E-state index contributed by atoms with van der Waals surface area (Å²) in [6.45, 7) is 2.73. The Hall–Kier alpha value is -2.27. The van der Waals surface area contributed by atoms with E-state index in [4.69, 9.17) is 16.3 Å². The van der Waals surface area contributed by atoms with E-state index in [-0.39, 0.29) is 35.0 Å². The van der Waals surface area contributed by atoms with Crippen molar-refractivity contribution in [1.82, 2.24) is 9.29 Å². The molecule has 2 aliphatic heterocycles. The van der Waals surface area contributed by atoms with Gasteiger partial charge in [0.2, 0.25) is 15.9 Å². The Labute approximate surface area is 191 Å². The molecule has 172 valence electrons. The maximum Gasteiger partial charge on any atom is 0.246 e. The number of carbonyl (C=O) groups is 1. The highest BCUT2D eigenvalue weighted by Crippen LogP contribution is 2.28. The summed E-state index contributed by atoms with van der Waals surface area (Å²) in [5.41, 5.74) is 0.862. The zero-order chi connectivity index (χ0) is 22.7. The van der Waals surface area contributed by atoms with Crippen LogP contribution in [0.5, 0.6) is 0 Å². The average molecular weight is 483 g/mol. The number of nitrogens with one attached hydrogen (secondary N) is 1. The van der Waals surface area contributed by atoms with Crippen molar-refractivity contribution in [1.29, 1.82) is 0 Å². The maximum atomic E-state index is 14.6. The number of hydrogen-bond acceptors (Lipinski definition) is 6. The van der Waals surface area contributed by atoms with Crippen LogP contribution < -0.4 is 10.2 Å². The van der Waals surface area contributed by atoms with Gasteiger partial charge in [0.1, 0.15) is 15.9 Å². The van der Waals surface area contributed by atoms with Gasteiger partial charge in [0.25, 0.3) is 0 Å². The molecule has 2 fully saturated rings. The van der Waals surface area contributed by atoms with E-state index in [0.29, 0.717) is 50.5 Å². The monoisotopic (exact) mass is 482 g/mol. The molecule has 0 bridgehead atoms. The van der Waals surface area contributed by atoms with Crippen molar-refractivity contribution in [3.63, 3.8) is 0 Å².